The molecule has 5 fully saturated rings. The molecule has 2 nitrogen and oxygen atoms in total. The van der Waals surface area contributed by atoms with Gasteiger partial charge in [0.1, 0.15) is 0 Å². The number of aliphatic hydroxyl groups is 1. The summed E-state index contributed by atoms with van der Waals surface area (Å²) in [5, 5.41) is 10.9. The van der Waals surface area contributed by atoms with E-state index in [9.17, 15) is 5.11 Å². The van der Waals surface area contributed by atoms with Crippen molar-refractivity contribution in [3.8, 4) is 0 Å². The minimum Gasteiger partial charge on any atom is -0.393 e. The van der Waals surface area contributed by atoms with Gasteiger partial charge in [-0.05, 0) is 128 Å². The Morgan fingerprint density at radius 2 is 1.61 bits per heavy atom. The summed E-state index contributed by atoms with van der Waals surface area (Å²) < 4.78 is 5.84. The summed E-state index contributed by atoms with van der Waals surface area (Å²) in [6.45, 7) is 20.5. The van der Waals surface area contributed by atoms with E-state index in [0.717, 1.165) is 30.8 Å². The first kappa shape index (κ1) is 24.8. The van der Waals surface area contributed by atoms with Crippen molar-refractivity contribution in [2.75, 3.05) is 6.61 Å². The highest BCUT2D eigenvalue weighted by Crippen LogP contribution is 2.77. The Morgan fingerprint density at radius 3 is 2.27 bits per heavy atom. The second-order valence-corrected chi connectivity index (χ2v) is 15.1. The fourth-order valence-corrected chi connectivity index (χ4v) is 12.0. The first-order valence-electron chi connectivity index (χ1n) is 14.0. The highest BCUT2D eigenvalue weighted by Gasteiger charge is 2.70. The van der Waals surface area contributed by atoms with E-state index in [0.29, 0.717) is 33.5 Å². The molecule has 1 unspecified atom stereocenters. The number of fused-ring (bicyclic) bond motifs is 7. The van der Waals surface area contributed by atoms with Gasteiger partial charge in [-0.25, -0.2) is 0 Å². The molecule has 0 amide bonds. The molecule has 188 valence electrons. The third kappa shape index (κ3) is 3.08. The SMILES string of the molecule is C=C(C)[C@@H]1CC[C@]2(COP)CC[C@]3(C)[C@H](CC[C@@H]4[C@@]5(C)CC[C@H](O)C(C)(C)[C@@H]5CC[C@]43C)[C@@H]12. The largest absolute Gasteiger partial charge is 0.393 e. The van der Waals surface area contributed by atoms with Gasteiger partial charge in [-0.15, -0.1) is 0 Å². The number of hydrogen-bond acceptors (Lipinski definition) is 2. The maximum Gasteiger partial charge on any atom is 0.0594 e. The third-order valence-electron chi connectivity index (χ3n) is 13.6. The van der Waals surface area contributed by atoms with E-state index in [1.807, 2.05) is 0 Å². The molecule has 5 rings (SSSR count). The standard InChI is InChI=1S/C30H51O2P/c1-19(2)20-10-15-30(18-32-33)17-16-28(6)21(25(20)30)8-9-23-27(5)13-12-24(31)26(3,4)22(27)11-14-29(23,28)7/h20-25,31H,1,8-18,33H2,2-7H3/t20-,21+,22-,23+,24-,25+,27-,28+,29+,30+/m0/s1. The van der Waals surface area contributed by atoms with Gasteiger partial charge in [-0.2, -0.15) is 0 Å². The van der Waals surface area contributed by atoms with E-state index in [2.05, 4.69) is 57.6 Å². The van der Waals surface area contributed by atoms with Gasteiger partial charge >= 0.3 is 0 Å². The number of hydrogen-bond donors (Lipinski definition) is 1. The van der Waals surface area contributed by atoms with Gasteiger partial charge in [-0.3, -0.25) is 0 Å². The molecule has 0 bridgehead atoms. The average Bonchev–Trinajstić information content (AvgIpc) is 3.12. The molecule has 0 radical (unpaired) electrons. The van der Waals surface area contributed by atoms with E-state index < -0.39 is 0 Å². The van der Waals surface area contributed by atoms with Crippen molar-refractivity contribution in [3.05, 3.63) is 12.2 Å². The fraction of sp³-hybridized carbons (Fsp3) is 0.933. The quantitative estimate of drug-likeness (QED) is 0.334. The molecule has 1 N–H and O–H groups in total. The van der Waals surface area contributed by atoms with Crippen LogP contribution in [-0.4, -0.2) is 17.8 Å². The summed E-state index contributed by atoms with van der Waals surface area (Å²) in [4.78, 5) is 0. The molecular weight excluding hydrogens is 423 g/mol. The molecule has 3 heteroatoms. The number of allylic oxidation sites excluding steroid dienone is 1. The zero-order valence-electron chi connectivity index (χ0n) is 22.4. The highest BCUT2D eigenvalue weighted by atomic mass is 31.0. The summed E-state index contributed by atoms with van der Waals surface area (Å²) in [7, 11) is 2.56. The minimum atomic E-state index is -0.135. The summed E-state index contributed by atoms with van der Waals surface area (Å²) in [6.07, 6.45) is 12.8. The molecule has 0 aliphatic heterocycles. The fourth-order valence-electron chi connectivity index (χ4n) is 11.7. The van der Waals surface area contributed by atoms with Crippen molar-refractivity contribution in [2.45, 2.75) is 112 Å². The van der Waals surface area contributed by atoms with Gasteiger partial charge in [0, 0.05) is 9.47 Å². The van der Waals surface area contributed by atoms with Crippen LogP contribution in [0.25, 0.3) is 0 Å². The Bertz CT molecular complexity index is 807. The normalized spacial score (nSPS) is 55.2. The highest BCUT2D eigenvalue weighted by molar-refractivity contribution is 7.09. The Kier molecular flexibility index (Phi) is 5.85. The second kappa shape index (κ2) is 7.79. The van der Waals surface area contributed by atoms with Crippen LogP contribution in [-0.2, 0) is 4.52 Å². The number of aliphatic hydroxyl groups excluding tert-OH is 1. The third-order valence-corrected chi connectivity index (χ3v) is 13.8. The summed E-state index contributed by atoms with van der Waals surface area (Å²) in [5.41, 5.74) is 2.98. The number of rotatable bonds is 3. The van der Waals surface area contributed by atoms with Crippen LogP contribution < -0.4 is 0 Å². The van der Waals surface area contributed by atoms with E-state index in [1.54, 1.807) is 0 Å². The molecule has 0 aromatic heterocycles. The van der Waals surface area contributed by atoms with Crippen LogP contribution in [0.15, 0.2) is 12.2 Å². The van der Waals surface area contributed by atoms with Crippen LogP contribution in [0.5, 0.6) is 0 Å². The summed E-state index contributed by atoms with van der Waals surface area (Å²) in [5.74, 6) is 3.63. The van der Waals surface area contributed by atoms with Crippen LogP contribution in [0.3, 0.4) is 0 Å². The summed E-state index contributed by atoms with van der Waals surface area (Å²) >= 11 is 0. The molecule has 11 atom stereocenters. The van der Waals surface area contributed by atoms with E-state index in [-0.39, 0.29) is 11.5 Å². The molecule has 5 aliphatic carbocycles. The lowest BCUT2D eigenvalue weighted by atomic mass is 9.32. The van der Waals surface area contributed by atoms with Crippen LogP contribution in [0, 0.1) is 56.7 Å². The van der Waals surface area contributed by atoms with E-state index >= 15 is 0 Å². The molecule has 5 saturated carbocycles. The van der Waals surface area contributed by atoms with Crippen molar-refractivity contribution < 1.29 is 9.63 Å². The van der Waals surface area contributed by atoms with Gasteiger partial charge in [0.15, 0.2) is 0 Å². The average molecular weight is 475 g/mol. The molecule has 0 heterocycles. The van der Waals surface area contributed by atoms with Gasteiger partial charge in [0.25, 0.3) is 0 Å². The Labute approximate surface area is 206 Å². The monoisotopic (exact) mass is 474 g/mol. The maximum absolute atomic E-state index is 10.9. The van der Waals surface area contributed by atoms with Gasteiger partial charge < -0.3 is 9.63 Å². The zero-order valence-corrected chi connectivity index (χ0v) is 23.5. The molecule has 0 spiro atoms. The lowest BCUT2D eigenvalue weighted by molar-refractivity contribution is -0.248. The predicted octanol–water partition coefficient (Wildman–Crippen LogP) is 7.81. The van der Waals surface area contributed by atoms with Crippen molar-refractivity contribution in [2.24, 2.45) is 56.7 Å². The Hall–Kier alpha value is 0.0900. The van der Waals surface area contributed by atoms with Gasteiger partial charge in [0.2, 0.25) is 0 Å². The molecule has 0 saturated heterocycles. The van der Waals surface area contributed by atoms with Crippen molar-refractivity contribution in [1.82, 2.24) is 0 Å². The Morgan fingerprint density at radius 1 is 0.879 bits per heavy atom. The summed E-state index contributed by atoms with van der Waals surface area (Å²) in [6, 6.07) is 0. The van der Waals surface area contributed by atoms with Crippen molar-refractivity contribution in [1.29, 1.82) is 0 Å². The first-order valence-corrected chi connectivity index (χ1v) is 14.5. The molecule has 5 aliphatic rings. The molecule has 0 aromatic carbocycles. The lowest BCUT2D eigenvalue weighted by Crippen LogP contribution is -2.66. The second-order valence-electron chi connectivity index (χ2n) is 14.7. The van der Waals surface area contributed by atoms with Crippen molar-refractivity contribution >= 4 is 9.47 Å². The maximum atomic E-state index is 10.9. The Balaban J connectivity index is 1.54. The predicted molar refractivity (Wildman–Crippen MR) is 141 cm³/mol. The van der Waals surface area contributed by atoms with Gasteiger partial charge in [-0.1, -0.05) is 46.8 Å². The van der Waals surface area contributed by atoms with Crippen molar-refractivity contribution in [3.63, 3.8) is 0 Å². The van der Waals surface area contributed by atoms with E-state index in [4.69, 9.17) is 4.52 Å². The first-order chi connectivity index (χ1) is 15.4. The smallest absolute Gasteiger partial charge is 0.0594 e. The topological polar surface area (TPSA) is 29.5 Å². The van der Waals surface area contributed by atoms with E-state index in [1.165, 1.54) is 63.4 Å². The van der Waals surface area contributed by atoms with Crippen LogP contribution in [0.2, 0.25) is 0 Å². The zero-order chi connectivity index (χ0) is 24.0. The van der Waals surface area contributed by atoms with Crippen LogP contribution >= 0.6 is 9.47 Å². The van der Waals surface area contributed by atoms with Crippen LogP contribution in [0.1, 0.15) is 106 Å². The minimum absolute atomic E-state index is 0.0421. The van der Waals surface area contributed by atoms with Gasteiger partial charge in [0.05, 0.1) is 12.7 Å². The molecular formula is C30H51O2P. The molecule has 0 aromatic rings. The lowest BCUT2D eigenvalue weighted by Gasteiger charge is -2.73. The molecule has 33 heavy (non-hydrogen) atoms. The van der Waals surface area contributed by atoms with Crippen LogP contribution in [0.4, 0.5) is 0 Å².